The summed E-state index contributed by atoms with van der Waals surface area (Å²) in [6.45, 7) is 11.2. The topological polar surface area (TPSA) is 23.5 Å². The molecule has 1 aliphatic rings. The Kier molecular flexibility index (Phi) is 5.94. The van der Waals surface area contributed by atoms with E-state index in [1.54, 1.807) is 0 Å². The van der Waals surface area contributed by atoms with Gasteiger partial charge in [-0.1, -0.05) is 33.1 Å². The highest BCUT2D eigenvalue weighted by atomic mass is 16.3. The number of likely N-dealkylation sites (tertiary alicyclic amines) is 1. The van der Waals surface area contributed by atoms with E-state index in [0.29, 0.717) is 0 Å². The Morgan fingerprint density at radius 1 is 1.06 bits per heavy atom. The number of hydrogen-bond acceptors (Lipinski definition) is 2. The summed E-state index contributed by atoms with van der Waals surface area (Å²) >= 11 is 0. The molecule has 1 saturated heterocycles. The van der Waals surface area contributed by atoms with Gasteiger partial charge in [-0.05, 0) is 52.1 Å². The third-order valence-corrected chi connectivity index (χ3v) is 4.25. The molecule has 1 fully saturated rings. The first kappa shape index (κ1) is 15.0. The standard InChI is InChI=1S/C15H31NO/c1-13(2)9-8-10-14(17)15(3,4)16-11-6-5-7-12-16/h13-14,17H,5-12H2,1-4H3. The molecule has 0 amide bonds. The molecule has 2 heteroatoms. The van der Waals surface area contributed by atoms with Gasteiger partial charge in [0.15, 0.2) is 0 Å². The predicted molar refractivity (Wildman–Crippen MR) is 74.2 cm³/mol. The first-order valence-corrected chi connectivity index (χ1v) is 7.37. The Bertz CT molecular complexity index is 207. The van der Waals surface area contributed by atoms with Gasteiger partial charge >= 0.3 is 0 Å². The van der Waals surface area contributed by atoms with Crippen LogP contribution in [0.1, 0.15) is 66.2 Å². The fourth-order valence-electron chi connectivity index (χ4n) is 2.75. The highest BCUT2D eigenvalue weighted by Crippen LogP contribution is 2.26. The van der Waals surface area contributed by atoms with E-state index in [0.717, 1.165) is 31.8 Å². The van der Waals surface area contributed by atoms with Crippen LogP contribution in [0.5, 0.6) is 0 Å². The van der Waals surface area contributed by atoms with Crippen molar-refractivity contribution in [2.75, 3.05) is 13.1 Å². The van der Waals surface area contributed by atoms with Gasteiger partial charge in [0.05, 0.1) is 6.10 Å². The van der Waals surface area contributed by atoms with Crippen molar-refractivity contribution < 1.29 is 5.11 Å². The third-order valence-electron chi connectivity index (χ3n) is 4.25. The van der Waals surface area contributed by atoms with Crippen LogP contribution in [0.2, 0.25) is 0 Å². The van der Waals surface area contributed by atoms with Gasteiger partial charge < -0.3 is 5.11 Å². The monoisotopic (exact) mass is 241 g/mol. The quantitative estimate of drug-likeness (QED) is 0.770. The Balaban J connectivity index is 2.38. The summed E-state index contributed by atoms with van der Waals surface area (Å²) in [5, 5.41) is 10.4. The summed E-state index contributed by atoms with van der Waals surface area (Å²) in [7, 11) is 0. The molecule has 1 unspecified atom stereocenters. The van der Waals surface area contributed by atoms with Crippen molar-refractivity contribution in [3.05, 3.63) is 0 Å². The van der Waals surface area contributed by atoms with Gasteiger partial charge in [0.25, 0.3) is 0 Å². The summed E-state index contributed by atoms with van der Waals surface area (Å²) in [6.07, 6.45) is 7.09. The largest absolute Gasteiger partial charge is 0.391 e. The second kappa shape index (κ2) is 6.75. The molecule has 0 aromatic carbocycles. The smallest absolute Gasteiger partial charge is 0.0718 e. The molecule has 1 aliphatic heterocycles. The molecule has 17 heavy (non-hydrogen) atoms. The highest BCUT2D eigenvalue weighted by Gasteiger charge is 2.34. The molecular formula is C15H31NO. The molecule has 0 bridgehead atoms. The van der Waals surface area contributed by atoms with Gasteiger partial charge in [0.1, 0.15) is 0 Å². The Morgan fingerprint density at radius 3 is 2.18 bits per heavy atom. The van der Waals surface area contributed by atoms with Crippen molar-refractivity contribution in [2.24, 2.45) is 5.92 Å². The zero-order valence-electron chi connectivity index (χ0n) is 12.2. The van der Waals surface area contributed by atoms with Crippen molar-refractivity contribution in [3.8, 4) is 0 Å². The minimum atomic E-state index is -0.181. The highest BCUT2D eigenvalue weighted by molar-refractivity contribution is 4.90. The van der Waals surface area contributed by atoms with E-state index in [-0.39, 0.29) is 11.6 Å². The molecule has 1 N–H and O–H groups in total. The molecule has 102 valence electrons. The van der Waals surface area contributed by atoms with Gasteiger partial charge in [-0.2, -0.15) is 0 Å². The Labute approximate surface area is 107 Å². The van der Waals surface area contributed by atoms with Crippen LogP contribution in [-0.2, 0) is 0 Å². The summed E-state index contributed by atoms with van der Waals surface area (Å²) < 4.78 is 0. The van der Waals surface area contributed by atoms with E-state index in [9.17, 15) is 5.11 Å². The maximum Gasteiger partial charge on any atom is 0.0718 e. The van der Waals surface area contributed by atoms with Crippen LogP contribution in [0.3, 0.4) is 0 Å². The maximum atomic E-state index is 10.4. The summed E-state index contributed by atoms with van der Waals surface area (Å²) in [6, 6.07) is 0. The van der Waals surface area contributed by atoms with E-state index in [4.69, 9.17) is 0 Å². The third kappa shape index (κ3) is 4.59. The molecule has 0 radical (unpaired) electrons. The fraction of sp³-hybridized carbons (Fsp3) is 1.00. The molecule has 0 aliphatic carbocycles. The molecule has 1 rings (SSSR count). The van der Waals surface area contributed by atoms with Gasteiger partial charge in [0.2, 0.25) is 0 Å². The summed E-state index contributed by atoms with van der Waals surface area (Å²) in [5.41, 5.74) is -0.0442. The first-order chi connectivity index (χ1) is 7.94. The molecule has 1 heterocycles. The number of aliphatic hydroxyl groups excluding tert-OH is 1. The second-order valence-electron chi connectivity index (χ2n) is 6.54. The van der Waals surface area contributed by atoms with E-state index >= 15 is 0 Å². The van der Waals surface area contributed by atoms with Crippen LogP contribution < -0.4 is 0 Å². The minimum Gasteiger partial charge on any atom is -0.391 e. The van der Waals surface area contributed by atoms with E-state index < -0.39 is 0 Å². The van der Waals surface area contributed by atoms with E-state index in [1.807, 2.05) is 0 Å². The molecule has 1 atom stereocenters. The van der Waals surface area contributed by atoms with Crippen molar-refractivity contribution in [1.29, 1.82) is 0 Å². The number of aliphatic hydroxyl groups is 1. The van der Waals surface area contributed by atoms with Crippen molar-refractivity contribution in [3.63, 3.8) is 0 Å². The average molecular weight is 241 g/mol. The maximum absolute atomic E-state index is 10.4. The van der Waals surface area contributed by atoms with Crippen LogP contribution in [0.4, 0.5) is 0 Å². The van der Waals surface area contributed by atoms with Gasteiger partial charge in [-0.15, -0.1) is 0 Å². The lowest BCUT2D eigenvalue weighted by Gasteiger charge is -2.44. The molecule has 0 spiro atoms. The normalized spacial score (nSPS) is 20.8. The summed E-state index contributed by atoms with van der Waals surface area (Å²) in [5.74, 6) is 0.750. The Hall–Kier alpha value is -0.0800. The predicted octanol–water partition coefficient (Wildman–Crippen LogP) is 3.44. The van der Waals surface area contributed by atoms with Crippen molar-refractivity contribution in [1.82, 2.24) is 4.90 Å². The molecule has 0 aromatic heterocycles. The Morgan fingerprint density at radius 2 is 1.65 bits per heavy atom. The van der Waals surface area contributed by atoms with E-state index in [2.05, 4.69) is 32.6 Å². The zero-order valence-corrected chi connectivity index (χ0v) is 12.2. The lowest BCUT2D eigenvalue weighted by atomic mass is 9.88. The van der Waals surface area contributed by atoms with Crippen LogP contribution in [0, 0.1) is 5.92 Å². The van der Waals surface area contributed by atoms with Crippen LogP contribution in [-0.4, -0.2) is 34.7 Å². The number of rotatable bonds is 6. The summed E-state index contributed by atoms with van der Waals surface area (Å²) in [4.78, 5) is 2.48. The van der Waals surface area contributed by atoms with Crippen molar-refractivity contribution >= 4 is 0 Å². The molecule has 0 aromatic rings. The van der Waals surface area contributed by atoms with Gasteiger partial charge in [-0.3, -0.25) is 4.90 Å². The van der Waals surface area contributed by atoms with Crippen LogP contribution in [0.15, 0.2) is 0 Å². The fourth-order valence-corrected chi connectivity index (χ4v) is 2.75. The van der Waals surface area contributed by atoms with Crippen LogP contribution >= 0.6 is 0 Å². The van der Waals surface area contributed by atoms with Gasteiger partial charge in [0, 0.05) is 5.54 Å². The average Bonchev–Trinajstić information content (AvgIpc) is 2.29. The number of nitrogens with zero attached hydrogens (tertiary/aromatic N) is 1. The minimum absolute atomic E-state index is 0.0442. The zero-order chi connectivity index (χ0) is 12.9. The molecule has 2 nitrogen and oxygen atoms in total. The van der Waals surface area contributed by atoms with Crippen LogP contribution in [0.25, 0.3) is 0 Å². The van der Waals surface area contributed by atoms with E-state index in [1.165, 1.54) is 25.7 Å². The first-order valence-electron chi connectivity index (χ1n) is 7.37. The molecule has 0 saturated carbocycles. The second-order valence-corrected chi connectivity index (χ2v) is 6.54. The molecular weight excluding hydrogens is 210 g/mol. The SMILES string of the molecule is CC(C)CCCC(O)C(C)(C)N1CCCCC1. The lowest BCUT2D eigenvalue weighted by molar-refractivity contribution is -0.0244. The van der Waals surface area contributed by atoms with Gasteiger partial charge in [-0.25, -0.2) is 0 Å². The van der Waals surface area contributed by atoms with Crippen molar-refractivity contribution in [2.45, 2.75) is 77.9 Å². The number of piperidine rings is 1. The number of hydrogen-bond donors (Lipinski definition) is 1. The lowest BCUT2D eigenvalue weighted by Crippen LogP contribution is -2.54.